The first-order valence-electron chi connectivity index (χ1n) is 8.69. The van der Waals surface area contributed by atoms with Gasteiger partial charge in [0.15, 0.2) is 27.5 Å². The van der Waals surface area contributed by atoms with Gasteiger partial charge in [-0.1, -0.05) is 41.3 Å². The Balaban J connectivity index is 1.37. The molecule has 0 unspecified atom stereocenters. The van der Waals surface area contributed by atoms with Gasteiger partial charge in [0.1, 0.15) is 0 Å². The molecular weight excluding hydrogens is 404 g/mol. The zero-order chi connectivity index (χ0) is 19.3. The Morgan fingerprint density at radius 2 is 1.82 bits per heavy atom. The molecule has 0 spiro atoms. The Labute approximate surface area is 169 Å². The van der Waals surface area contributed by atoms with E-state index in [0.29, 0.717) is 19.0 Å². The summed E-state index contributed by atoms with van der Waals surface area (Å²) in [6, 6.07) is 10.6. The minimum atomic E-state index is -0.535. The first kappa shape index (κ1) is 19.1. The van der Waals surface area contributed by atoms with E-state index in [1.807, 2.05) is 0 Å². The molecule has 1 saturated heterocycles. The number of nitrogens with zero attached hydrogens (tertiary/aromatic N) is 3. The smallest absolute Gasteiger partial charge is 0.209 e. The van der Waals surface area contributed by atoms with E-state index in [0.717, 1.165) is 28.1 Å². The first-order chi connectivity index (χ1) is 13.7. The van der Waals surface area contributed by atoms with Crippen molar-refractivity contribution < 1.29 is 18.3 Å². The molecule has 0 bridgehead atoms. The summed E-state index contributed by atoms with van der Waals surface area (Å²) in [5.74, 6) is -0.534. The molecule has 9 heteroatoms. The summed E-state index contributed by atoms with van der Waals surface area (Å²) >= 11 is 3.02. The fourth-order valence-corrected chi connectivity index (χ4v) is 4.49. The molecule has 0 N–H and O–H groups in total. The molecule has 1 aliphatic heterocycles. The molecule has 28 heavy (non-hydrogen) atoms. The summed E-state index contributed by atoms with van der Waals surface area (Å²) in [6.07, 6.45) is 0. The second-order valence-electron chi connectivity index (χ2n) is 6.04. The van der Waals surface area contributed by atoms with E-state index in [4.69, 9.17) is 9.47 Å². The Morgan fingerprint density at radius 1 is 1.04 bits per heavy atom. The van der Waals surface area contributed by atoms with Gasteiger partial charge in [-0.05, 0) is 29.8 Å². The van der Waals surface area contributed by atoms with E-state index in [1.165, 1.54) is 47.4 Å². The van der Waals surface area contributed by atoms with Crippen LogP contribution in [0, 0.1) is 11.6 Å². The maximum Gasteiger partial charge on any atom is 0.209 e. The second-order valence-corrected chi connectivity index (χ2v) is 8.21. The van der Waals surface area contributed by atoms with Gasteiger partial charge in [0.25, 0.3) is 0 Å². The molecule has 0 radical (unpaired) electrons. The molecule has 1 fully saturated rings. The number of anilines is 1. The van der Waals surface area contributed by atoms with E-state index in [2.05, 4.69) is 15.1 Å². The summed E-state index contributed by atoms with van der Waals surface area (Å²) in [6.45, 7) is 3.02. The Kier molecular flexibility index (Phi) is 6.04. The maximum absolute atomic E-state index is 14.3. The maximum atomic E-state index is 14.3. The predicted molar refractivity (Wildman–Crippen MR) is 105 cm³/mol. The minimum Gasteiger partial charge on any atom is -0.451 e. The Morgan fingerprint density at radius 3 is 2.61 bits per heavy atom. The van der Waals surface area contributed by atoms with Crippen molar-refractivity contribution >= 4 is 28.2 Å². The molecule has 2 aromatic carbocycles. The van der Waals surface area contributed by atoms with Crippen LogP contribution in [0.5, 0.6) is 11.5 Å². The molecule has 4 rings (SSSR count). The molecule has 3 aromatic rings. The molecule has 0 atom stereocenters. The standard InChI is InChI=1S/C19H17F2N3O2S2/c20-14-3-1-2-4-16(14)26-17-6-5-13(11-15(17)21)12-27-19-23-22-18(28-19)24-7-9-25-10-8-24/h1-6,11H,7-10,12H2. The third-order valence-electron chi connectivity index (χ3n) is 4.09. The van der Waals surface area contributed by atoms with E-state index in [-0.39, 0.29) is 11.5 Å². The number of para-hydroxylation sites is 1. The van der Waals surface area contributed by atoms with Gasteiger partial charge in [0.2, 0.25) is 5.13 Å². The van der Waals surface area contributed by atoms with Gasteiger partial charge in [0, 0.05) is 18.8 Å². The van der Waals surface area contributed by atoms with Gasteiger partial charge in [-0.15, -0.1) is 10.2 Å². The molecule has 2 heterocycles. The van der Waals surface area contributed by atoms with Crippen LogP contribution in [0.2, 0.25) is 0 Å². The largest absolute Gasteiger partial charge is 0.451 e. The van der Waals surface area contributed by atoms with E-state index in [9.17, 15) is 8.78 Å². The number of aromatic nitrogens is 2. The van der Waals surface area contributed by atoms with E-state index >= 15 is 0 Å². The third-order valence-corrected chi connectivity index (χ3v) is 6.28. The van der Waals surface area contributed by atoms with Gasteiger partial charge in [-0.25, -0.2) is 8.78 Å². The average Bonchev–Trinajstić information content (AvgIpc) is 3.20. The molecule has 0 aliphatic carbocycles. The molecule has 146 valence electrons. The Bertz CT molecular complexity index is 948. The van der Waals surface area contributed by atoms with Crippen molar-refractivity contribution in [2.75, 3.05) is 31.2 Å². The van der Waals surface area contributed by atoms with Crippen LogP contribution in [0.3, 0.4) is 0 Å². The summed E-state index contributed by atoms with van der Waals surface area (Å²) in [5.41, 5.74) is 0.784. The second kappa shape index (κ2) is 8.85. The summed E-state index contributed by atoms with van der Waals surface area (Å²) in [7, 11) is 0. The van der Waals surface area contributed by atoms with Gasteiger partial charge in [0.05, 0.1) is 13.2 Å². The highest BCUT2D eigenvalue weighted by molar-refractivity contribution is 8.00. The van der Waals surface area contributed by atoms with Gasteiger partial charge >= 0.3 is 0 Å². The normalized spacial score (nSPS) is 14.3. The van der Waals surface area contributed by atoms with Gasteiger partial charge in [-0.2, -0.15) is 0 Å². The highest BCUT2D eigenvalue weighted by Crippen LogP contribution is 2.32. The fourth-order valence-electron chi connectivity index (χ4n) is 2.65. The quantitative estimate of drug-likeness (QED) is 0.536. The lowest BCUT2D eigenvalue weighted by Gasteiger charge is -2.25. The van der Waals surface area contributed by atoms with Crippen LogP contribution >= 0.6 is 23.1 Å². The fraction of sp³-hybridized carbons (Fsp3) is 0.263. The van der Waals surface area contributed by atoms with Crippen molar-refractivity contribution in [3.63, 3.8) is 0 Å². The monoisotopic (exact) mass is 421 g/mol. The van der Waals surface area contributed by atoms with E-state index in [1.54, 1.807) is 18.2 Å². The molecule has 0 amide bonds. The van der Waals surface area contributed by atoms with Crippen molar-refractivity contribution in [2.45, 2.75) is 10.1 Å². The van der Waals surface area contributed by atoms with Crippen molar-refractivity contribution in [2.24, 2.45) is 0 Å². The van der Waals surface area contributed by atoms with Crippen LogP contribution in [0.4, 0.5) is 13.9 Å². The zero-order valence-corrected chi connectivity index (χ0v) is 16.4. The number of morpholine rings is 1. The number of thioether (sulfide) groups is 1. The minimum absolute atomic E-state index is 0.00646. The molecular formula is C19H17F2N3O2S2. The lowest BCUT2D eigenvalue weighted by molar-refractivity contribution is 0.122. The number of hydrogen-bond acceptors (Lipinski definition) is 7. The SMILES string of the molecule is Fc1ccccc1Oc1ccc(CSc2nnc(N3CCOCC3)s2)cc1F. The van der Waals surface area contributed by atoms with Crippen molar-refractivity contribution in [1.82, 2.24) is 10.2 Å². The van der Waals surface area contributed by atoms with Crippen LogP contribution in [0.1, 0.15) is 5.56 Å². The molecule has 5 nitrogen and oxygen atoms in total. The molecule has 0 saturated carbocycles. The van der Waals surface area contributed by atoms with Crippen LogP contribution in [-0.2, 0) is 10.5 Å². The van der Waals surface area contributed by atoms with Crippen molar-refractivity contribution in [1.29, 1.82) is 0 Å². The van der Waals surface area contributed by atoms with Crippen molar-refractivity contribution in [3.05, 3.63) is 59.7 Å². The lowest BCUT2D eigenvalue weighted by atomic mass is 10.2. The van der Waals surface area contributed by atoms with Crippen LogP contribution in [0.25, 0.3) is 0 Å². The topological polar surface area (TPSA) is 47.5 Å². The highest BCUT2D eigenvalue weighted by Gasteiger charge is 2.16. The number of ether oxygens (including phenoxy) is 2. The lowest BCUT2D eigenvalue weighted by Crippen LogP contribution is -2.36. The van der Waals surface area contributed by atoms with E-state index < -0.39 is 11.6 Å². The summed E-state index contributed by atoms with van der Waals surface area (Å²) < 4.78 is 39.5. The van der Waals surface area contributed by atoms with Gasteiger partial charge < -0.3 is 14.4 Å². The summed E-state index contributed by atoms with van der Waals surface area (Å²) in [4.78, 5) is 2.15. The number of rotatable bonds is 6. The number of halogens is 2. The molecule has 1 aliphatic rings. The Hall–Kier alpha value is -2.23. The zero-order valence-electron chi connectivity index (χ0n) is 14.8. The average molecular weight is 421 g/mol. The van der Waals surface area contributed by atoms with Crippen LogP contribution in [0.15, 0.2) is 46.8 Å². The predicted octanol–water partition coefficient (Wildman–Crippen LogP) is 4.74. The third kappa shape index (κ3) is 4.60. The van der Waals surface area contributed by atoms with Crippen molar-refractivity contribution in [3.8, 4) is 11.5 Å². The summed E-state index contributed by atoms with van der Waals surface area (Å²) in [5, 5.41) is 9.31. The number of benzene rings is 2. The van der Waals surface area contributed by atoms with Crippen LogP contribution in [-0.4, -0.2) is 36.5 Å². The number of hydrogen-bond donors (Lipinski definition) is 0. The molecule has 1 aromatic heterocycles. The van der Waals surface area contributed by atoms with Gasteiger partial charge in [-0.3, -0.25) is 0 Å². The van der Waals surface area contributed by atoms with Crippen LogP contribution < -0.4 is 9.64 Å². The first-order valence-corrected chi connectivity index (χ1v) is 10.5. The highest BCUT2D eigenvalue weighted by atomic mass is 32.2.